The summed E-state index contributed by atoms with van der Waals surface area (Å²) in [6.07, 6.45) is 0.386. The van der Waals surface area contributed by atoms with Gasteiger partial charge in [-0.2, -0.15) is 0 Å². The van der Waals surface area contributed by atoms with Crippen LogP contribution >= 0.6 is 0 Å². The number of fused-ring (bicyclic) bond motifs is 1. The average molecular weight is 262 g/mol. The molecule has 1 amide bonds. The first kappa shape index (κ1) is 13.4. The lowest BCUT2D eigenvalue weighted by Gasteiger charge is -2.17. The predicted octanol–water partition coefficient (Wildman–Crippen LogP) is 1.95. The largest absolute Gasteiger partial charge is 0.481 e. The summed E-state index contributed by atoms with van der Waals surface area (Å²) in [6.45, 7) is 4.17. The topological polar surface area (TPSA) is 78.4 Å². The summed E-state index contributed by atoms with van der Waals surface area (Å²) in [4.78, 5) is 22.3. The Labute approximate surface area is 112 Å². The lowest BCUT2D eigenvalue weighted by Crippen LogP contribution is -2.27. The van der Waals surface area contributed by atoms with Crippen molar-refractivity contribution < 1.29 is 14.7 Å². The normalized spacial score (nSPS) is 15.0. The van der Waals surface area contributed by atoms with Crippen LogP contribution in [-0.2, 0) is 16.0 Å². The Hall–Kier alpha value is -2.04. The zero-order valence-electron chi connectivity index (χ0n) is 11.1. The minimum Gasteiger partial charge on any atom is -0.481 e. The predicted molar refractivity (Wildman–Crippen MR) is 73.2 cm³/mol. The molecule has 1 aliphatic rings. The highest BCUT2D eigenvalue weighted by Gasteiger charge is 2.22. The Morgan fingerprint density at radius 1 is 1.47 bits per heavy atom. The maximum absolute atomic E-state index is 11.2. The number of aliphatic carboxylic acids is 1. The van der Waals surface area contributed by atoms with E-state index in [1.165, 1.54) is 0 Å². The highest BCUT2D eigenvalue weighted by Crippen LogP contribution is 2.26. The van der Waals surface area contributed by atoms with Gasteiger partial charge in [-0.1, -0.05) is 13.8 Å². The second kappa shape index (κ2) is 5.30. The SMILES string of the molecule is CC(C)C(CNc1ccc2c(c1)CC(=O)N2)C(=O)O. The molecule has 0 aromatic heterocycles. The number of rotatable bonds is 5. The van der Waals surface area contributed by atoms with E-state index in [2.05, 4.69) is 10.6 Å². The molecule has 1 unspecified atom stereocenters. The second-order valence-corrected chi connectivity index (χ2v) is 5.17. The lowest BCUT2D eigenvalue weighted by atomic mass is 9.96. The average Bonchev–Trinajstić information content (AvgIpc) is 2.67. The van der Waals surface area contributed by atoms with Crippen LogP contribution < -0.4 is 10.6 Å². The molecule has 1 atom stereocenters. The Morgan fingerprint density at radius 3 is 2.84 bits per heavy atom. The summed E-state index contributed by atoms with van der Waals surface area (Å²) in [6, 6.07) is 5.59. The summed E-state index contributed by atoms with van der Waals surface area (Å²) in [5, 5.41) is 15.0. The third-order valence-electron chi connectivity index (χ3n) is 3.38. The molecule has 0 saturated carbocycles. The number of carbonyl (C=O) groups is 2. The molecular weight excluding hydrogens is 244 g/mol. The first-order valence-electron chi connectivity index (χ1n) is 6.37. The van der Waals surface area contributed by atoms with Crippen LogP contribution in [0.25, 0.3) is 0 Å². The molecule has 0 bridgehead atoms. The van der Waals surface area contributed by atoms with Crippen LogP contribution in [-0.4, -0.2) is 23.5 Å². The molecule has 5 heteroatoms. The van der Waals surface area contributed by atoms with E-state index in [9.17, 15) is 9.59 Å². The number of benzene rings is 1. The van der Waals surface area contributed by atoms with Crippen LogP contribution in [0.1, 0.15) is 19.4 Å². The molecule has 0 aliphatic carbocycles. The molecule has 2 rings (SSSR count). The minimum atomic E-state index is -0.791. The van der Waals surface area contributed by atoms with Gasteiger partial charge >= 0.3 is 5.97 Å². The van der Waals surface area contributed by atoms with Gasteiger partial charge in [-0.15, -0.1) is 0 Å². The number of carbonyl (C=O) groups excluding carboxylic acids is 1. The third-order valence-corrected chi connectivity index (χ3v) is 3.38. The number of hydrogen-bond acceptors (Lipinski definition) is 3. The van der Waals surface area contributed by atoms with Crippen LogP contribution in [0, 0.1) is 11.8 Å². The first-order valence-corrected chi connectivity index (χ1v) is 6.37. The molecule has 1 aromatic rings. The van der Waals surface area contributed by atoms with E-state index in [0.717, 1.165) is 16.9 Å². The zero-order chi connectivity index (χ0) is 14.0. The van der Waals surface area contributed by atoms with E-state index < -0.39 is 11.9 Å². The van der Waals surface area contributed by atoms with E-state index in [1.54, 1.807) is 0 Å². The summed E-state index contributed by atoms with van der Waals surface area (Å²) < 4.78 is 0. The molecule has 1 aromatic carbocycles. The van der Waals surface area contributed by atoms with Gasteiger partial charge in [-0.25, -0.2) is 0 Å². The number of hydrogen-bond donors (Lipinski definition) is 3. The van der Waals surface area contributed by atoms with E-state index in [0.29, 0.717) is 13.0 Å². The zero-order valence-corrected chi connectivity index (χ0v) is 11.1. The Bertz CT molecular complexity index is 511. The molecule has 102 valence electrons. The molecule has 1 heterocycles. The minimum absolute atomic E-state index is 0.00209. The van der Waals surface area contributed by atoms with Crippen molar-refractivity contribution in [2.24, 2.45) is 11.8 Å². The van der Waals surface area contributed by atoms with E-state index in [4.69, 9.17) is 5.11 Å². The summed E-state index contributed by atoms with van der Waals surface area (Å²) in [5.41, 5.74) is 2.64. The molecular formula is C14H18N2O3. The number of nitrogens with one attached hydrogen (secondary N) is 2. The highest BCUT2D eigenvalue weighted by molar-refractivity contribution is 5.99. The second-order valence-electron chi connectivity index (χ2n) is 5.17. The smallest absolute Gasteiger partial charge is 0.308 e. The molecule has 0 fully saturated rings. The van der Waals surface area contributed by atoms with Crippen molar-refractivity contribution >= 4 is 23.3 Å². The Balaban J connectivity index is 2.03. The molecule has 3 N–H and O–H groups in total. The van der Waals surface area contributed by atoms with Crippen molar-refractivity contribution in [3.8, 4) is 0 Å². The Morgan fingerprint density at radius 2 is 2.21 bits per heavy atom. The van der Waals surface area contributed by atoms with Gasteiger partial charge in [0.05, 0.1) is 12.3 Å². The van der Waals surface area contributed by atoms with Gasteiger partial charge in [-0.05, 0) is 29.7 Å². The van der Waals surface area contributed by atoms with Gasteiger partial charge in [0.1, 0.15) is 0 Å². The summed E-state index contributed by atoms with van der Waals surface area (Å²) in [7, 11) is 0. The van der Waals surface area contributed by atoms with Crippen molar-refractivity contribution in [3.05, 3.63) is 23.8 Å². The fourth-order valence-corrected chi connectivity index (χ4v) is 2.18. The van der Waals surface area contributed by atoms with Gasteiger partial charge in [0, 0.05) is 17.9 Å². The number of amides is 1. The van der Waals surface area contributed by atoms with Crippen molar-refractivity contribution in [1.29, 1.82) is 0 Å². The number of carboxylic acids is 1. The maximum atomic E-state index is 11.2. The van der Waals surface area contributed by atoms with Gasteiger partial charge in [-0.3, -0.25) is 9.59 Å². The molecule has 0 radical (unpaired) electrons. The van der Waals surface area contributed by atoms with Crippen LogP contribution in [0.3, 0.4) is 0 Å². The molecule has 0 saturated heterocycles. The van der Waals surface area contributed by atoms with Crippen molar-refractivity contribution in [2.75, 3.05) is 17.2 Å². The molecule has 0 spiro atoms. The number of carboxylic acid groups (broad SMARTS) is 1. The van der Waals surface area contributed by atoms with Crippen molar-refractivity contribution in [1.82, 2.24) is 0 Å². The van der Waals surface area contributed by atoms with Gasteiger partial charge < -0.3 is 15.7 Å². The molecule has 19 heavy (non-hydrogen) atoms. The fraction of sp³-hybridized carbons (Fsp3) is 0.429. The standard InChI is InChI=1S/C14H18N2O3/c1-8(2)11(14(18)19)7-15-10-3-4-12-9(5-10)6-13(17)16-12/h3-5,8,11,15H,6-7H2,1-2H3,(H,16,17)(H,18,19). The van der Waals surface area contributed by atoms with Crippen molar-refractivity contribution in [3.63, 3.8) is 0 Å². The van der Waals surface area contributed by atoms with E-state index >= 15 is 0 Å². The van der Waals surface area contributed by atoms with Gasteiger partial charge in [0.15, 0.2) is 0 Å². The highest BCUT2D eigenvalue weighted by atomic mass is 16.4. The number of anilines is 2. The third kappa shape index (κ3) is 3.05. The first-order chi connectivity index (χ1) is 8.97. The van der Waals surface area contributed by atoms with Crippen LogP contribution in [0.5, 0.6) is 0 Å². The lowest BCUT2D eigenvalue weighted by molar-refractivity contribution is -0.142. The molecule has 5 nitrogen and oxygen atoms in total. The van der Waals surface area contributed by atoms with Gasteiger partial charge in [0.2, 0.25) is 5.91 Å². The molecule has 1 aliphatic heterocycles. The quantitative estimate of drug-likeness (QED) is 0.758. The van der Waals surface area contributed by atoms with Gasteiger partial charge in [0.25, 0.3) is 0 Å². The van der Waals surface area contributed by atoms with Crippen LogP contribution in [0.15, 0.2) is 18.2 Å². The summed E-state index contributed by atoms with van der Waals surface area (Å²) in [5.74, 6) is -1.14. The monoisotopic (exact) mass is 262 g/mol. The fourth-order valence-electron chi connectivity index (χ4n) is 2.18. The Kier molecular flexibility index (Phi) is 3.74. The van der Waals surface area contributed by atoms with E-state index in [-0.39, 0.29) is 11.8 Å². The van der Waals surface area contributed by atoms with Crippen LogP contribution in [0.2, 0.25) is 0 Å². The summed E-state index contributed by atoms with van der Waals surface area (Å²) >= 11 is 0. The maximum Gasteiger partial charge on any atom is 0.308 e. The van der Waals surface area contributed by atoms with Crippen LogP contribution in [0.4, 0.5) is 11.4 Å². The van der Waals surface area contributed by atoms with E-state index in [1.807, 2.05) is 32.0 Å². The van der Waals surface area contributed by atoms with Crippen molar-refractivity contribution in [2.45, 2.75) is 20.3 Å².